The summed E-state index contributed by atoms with van der Waals surface area (Å²) in [6.07, 6.45) is 8.33. The van der Waals surface area contributed by atoms with Gasteiger partial charge in [-0.05, 0) is 48.2 Å². The molecule has 1 aromatic carbocycles. The summed E-state index contributed by atoms with van der Waals surface area (Å²) in [4.78, 5) is 44.3. The van der Waals surface area contributed by atoms with E-state index in [0.29, 0.717) is 18.4 Å². The summed E-state index contributed by atoms with van der Waals surface area (Å²) in [7, 11) is 0. The van der Waals surface area contributed by atoms with E-state index in [1.807, 2.05) is 29.2 Å². The van der Waals surface area contributed by atoms with Gasteiger partial charge >= 0.3 is 0 Å². The Labute approximate surface area is 170 Å². The lowest BCUT2D eigenvalue weighted by Gasteiger charge is -2.30. The summed E-state index contributed by atoms with van der Waals surface area (Å²) >= 11 is 0. The number of carbonyl (C=O) groups is 3. The van der Waals surface area contributed by atoms with Gasteiger partial charge in [0.25, 0.3) is 5.91 Å². The summed E-state index contributed by atoms with van der Waals surface area (Å²) in [5.74, 6) is -0.228. The Bertz CT molecular complexity index is 879. The number of aromatic nitrogens is 1. The molecule has 0 spiro atoms. The van der Waals surface area contributed by atoms with E-state index in [0.717, 1.165) is 43.4 Å². The van der Waals surface area contributed by atoms with Crippen molar-refractivity contribution in [1.29, 1.82) is 0 Å². The van der Waals surface area contributed by atoms with Gasteiger partial charge in [-0.15, -0.1) is 0 Å². The Kier molecular flexibility index (Phi) is 5.69. The highest BCUT2D eigenvalue weighted by Crippen LogP contribution is 2.31. The first kappa shape index (κ1) is 19.3. The van der Waals surface area contributed by atoms with E-state index < -0.39 is 0 Å². The van der Waals surface area contributed by atoms with Crippen molar-refractivity contribution in [3.05, 3.63) is 65.5 Å². The molecule has 150 valence electrons. The van der Waals surface area contributed by atoms with Crippen molar-refractivity contribution >= 4 is 17.7 Å². The van der Waals surface area contributed by atoms with Gasteiger partial charge in [0.1, 0.15) is 0 Å². The van der Waals surface area contributed by atoms with Crippen LogP contribution in [0.3, 0.4) is 0 Å². The lowest BCUT2D eigenvalue weighted by molar-refractivity contribution is -0.139. The molecule has 0 radical (unpaired) electrons. The number of likely N-dealkylation sites (tertiary alicyclic amines) is 2. The van der Waals surface area contributed by atoms with Crippen LogP contribution in [0.2, 0.25) is 0 Å². The van der Waals surface area contributed by atoms with E-state index in [1.165, 1.54) is 4.90 Å². The number of nitrogens with zero attached hydrogens (tertiary/aromatic N) is 3. The van der Waals surface area contributed by atoms with Gasteiger partial charge in [0, 0.05) is 37.3 Å². The second-order valence-corrected chi connectivity index (χ2v) is 7.71. The summed E-state index contributed by atoms with van der Waals surface area (Å²) < 4.78 is 0. The van der Waals surface area contributed by atoms with Gasteiger partial charge in [0.15, 0.2) is 0 Å². The molecule has 0 aliphatic carbocycles. The van der Waals surface area contributed by atoms with Crippen molar-refractivity contribution in [2.24, 2.45) is 0 Å². The first-order chi connectivity index (χ1) is 14.1. The molecule has 2 aliphatic heterocycles. The van der Waals surface area contributed by atoms with Crippen LogP contribution >= 0.6 is 0 Å². The van der Waals surface area contributed by atoms with E-state index in [4.69, 9.17) is 0 Å². The molecule has 0 N–H and O–H groups in total. The molecule has 3 heterocycles. The number of carbonyl (C=O) groups excluding carboxylic acids is 3. The fourth-order valence-corrected chi connectivity index (χ4v) is 4.18. The average Bonchev–Trinajstić information content (AvgIpc) is 2.95. The Morgan fingerprint density at radius 1 is 0.931 bits per heavy atom. The van der Waals surface area contributed by atoms with Gasteiger partial charge in [0.05, 0.1) is 12.6 Å². The molecule has 3 amide bonds. The molecule has 1 atom stereocenters. The smallest absolute Gasteiger partial charge is 0.254 e. The lowest BCUT2D eigenvalue weighted by Crippen LogP contribution is -2.34. The fraction of sp³-hybridized carbons (Fsp3) is 0.391. The Hall–Kier alpha value is -3.02. The van der Waals surface area contributed by atoms with Crippen LogP contribution in [0.25, 0.3) is 0 Å². The molecule has 1 aromatic heterocycles. The molecular formula is C23H25N3O3. The van der Waals surface area contributed by atoms with Gasteiger partial charge in [-0.3, -0.25) is 24.3 Å². The number of benzene rings is 1. The van der Waals surface area contributed by atoms with Gasteiger partial charge in [-0.25, -0.2) is 0 Å². The Morgan fingerprint density at radius 3 is 2.31 bits per heavy atom. The number of pyridine rings is 1. The summed E-state index contributed by atoms with van der Waals surface area (Å²) in [5.41, 5.74) is 2.61. The number of amides is 3. The second kappa shape index (κ2) is 8.55. The largest absolute Gasteiger partial charge is 0.332 e. The van der Waals surface area contributed by atoms with Crippen LogP contribution in [0.4, 0.5) is 0 Å². The van der Waals surface area contributed by atoms with Gasteiger partial charge in [0.2, 0.25) is 11.8 Å². The number of imide groups is 1. The summed E-state index contributed by atoms with van der Waals surface area (Å²) in [6, 6.07) is 11.3. The minimum Gasteiger partial charge on any atom is -0.332 e. The molecular weight excluding hydrogens is 366 g/mol. The molecule has 2 aromatic rings. The van der Waals surface area contributed by atoms with E-state index in [9.17, 15) is 14.4 Å². The molecule has 2 aliphatic rings. The van der Waals surface area contributed by atoms with Crippen molar-refractivity contribution in [3.8, 4) is 0 Å². The van der Waals surface area contributed by atoms with Gasteiger partial charge < -0.3 is 4.90 Å². The first-order valence-electron chi connectivity index (χ1n) is 10.3. The van der Waals surface area contributed by atoms with Crippen molar-refractivity contribution in [2.75, 3.05) is 6.54 Å². The zero-order chi connectivity index (χ0) is 20.2. The zero-order valence-electron chi connectivity index (χ0n) is 16.4. The molecule has 2 saturated heterocycles. The normalized spacial score (nSPS) is 20.1. The van der Waals surface area contributed by atoms with Crippen molar-refractivity contribution in [1.82, 2.24) is 14.8 Å². The lowest BCUT2D eigenvalue weighted by atomic mass is 10.0. The van der Waals surface area contributed by atoms with Crippen LogP contribution in [0.1, 0.15) is 66.1 Å². The van der Waals surface area contributed by atoms with Gasteiger partial charge in [-0.2, -0.15) is 0 Å². The molecule has 6 heteroatoms. The van der Waals surface area contributed by atoms with Crippen LogP contribution in [0.15, 0.2) is 48.8 Å². The third-order valence-corrected chi connectivity index (χ3v) is 5.80. The quantitative estimate of drug-likeness (QED) is 0.748. The molecule has 4 rings (SSSR count). The van der Waals surface area contributed by atoms with Crippen molar-refractivity contribution in [2.45, 2.75) is 51.1 Å². The van der Waals surface area contributed by atoms with Crippen LogP contribution in [0.5, 0.6) is 0 Å². The molecule has 2 fully saturated rings. The average molecular weight is 391 g/mol. The molecule has 6 nitrogen and oxygen atoms in total. The van der Waals surface area contributed by atoms with Crippen LogP contribution in [0, 0.1) is 0 Å². The fourth-order valence-electron chi connectivity index (χ4n) is 4.18. The minimum absolute atomic E-state index is 0.0218. The summed E-state index contributed by atoms with van der Waals surface area (Å²) in [5, 5.41) is 0. The predicted molar refractivity (Wildman–Crippen MR) is 108 cm³/mol. The van der Waals surface area contributed by atoms with Crippen LogP contribution < -0.4 is 0 Å². The first-order valence-corrected chi connectivity index (χ1v) is 10.3. The Balaban J connectivity index is 1.51. The zero-order valence-corrected chi connectivity index (χ0v) is 16.4. The summed E-state index contributed by atoms with van der Waals surface area (Å²) in [6.45, 7) is 1.01. The highest BCUT2D eigenvalue weighted by atomic mass is 16.2. The third kappa shape index (κ3) is 4.21. The van der Waals surface area contributed by atoms with Crippen LogP contribution in [-0.4, -0.2) is 39.1 Å². The predicted octanol–water partition coefficient (Wildman–Crippen LogP) is 3.49. The SMILES string of the molecule is O=C1CCC(=O)N1Cc1ccc(C(=O)N2CCCCCC2c2ccncc2)cc1. The standard InChI is InChI=1S/C23H25N3O3/c27-21-9-10-22(28)26(21)16-17-5-7-19(8-6-17)23(29)25-15-3-1-2-4-20(25)18-11-13-24-14-12-18/h5-8,11-14,20H,1-4,9-10,15-16H2. The monoisotopic (exact) mass is 391 g/mol. The second-order valence-electron chi connectivity index (χ2n) is 7.71. The van der Waals surface area contributed by atoms with Crippen LogP contribution in [-0.2, 0) is 16.1 Å². The highest BCUT2D eigenvalue weighted by Gasteiger charge is 2.29. The van der Waals surface area contributed by atoms with E-state index in [2.05, 4.69) is 4.98 Å². The van der Waals surface area contributed by atoms with Gasteiger partial charge in [-0.1, -0.05) is 25.0 Å². The molecule has 1 unspecified atom stereocenters. The van der Waals surface area contributed by atoms with Crippen molar-refractivity contribution in [3.63, 3.8) is 0 Å². The van der Waals surface area contributed by atoms with E-state index in [1.54, 1.807) is 24.5 Å². The van der Waals surface area contributed by atoms with E-state index >= 15 is 0 Å². The molecule has 0 saturated carbocycles. The maximum atomic E-state index is 13.3. The minimum atomic E-state index is -0.125. The molecule has 29 heavy (non-hydrogen) atoms. The van der Waals surface area contributed by atoms with E-state index in [-0.39, 0.29) is 30.3 Å². The third-order valence-electron chi connectivity index (χ3n) is 5.80. The number of rotatable bonds is 4. The maximum Gasteiger partial charge on any atom is 0.254 e. The Morgan fingerprint density at radius 2 is 1.62 bits per heavy atom. The van der Waals surface area contributed by atoms with Crippen molar-refractivity contribution < 1.29 is 14.4 Å². The number of hydrogen-bond acceptors (Lipinski definition) is 4. The highest BCUT2D eigenvalue weighted by molar-refractivity contribution is 6.01. The topological polar surface area (TPSA) is 70.6 Å². The molecule has 0 bridgehead atoms. The number of hydrogen-bond donors (Lipinski definition) is 0. The maximum absolute atomic E-state index is 13.3.